The first kappa shape index (κ1) is 13.1. The highest BCUT2D eigenvalue weighted by atomic mass is 32.1. The zero-order valence-electron chi connectivity index (χ0n) is 10.7. The zero-order chi connectivity index (χ0) is 12.1. The first-order valence-corrected chi connectivity index (χ1v) is 7.57. The lowest BCUT2D eigenvalue weighted by Crippen LogP contribution is -2.37. The van der Waals surface area contributed by atoms with Crippen molar-refractivity contribution >= 4 is 11.3 Å². The van der Waals surface area contributed by atoms with Crippen LogP contribution >= 0.6 is 11.3 Å². The third-order valence-corrected chi connectivity index (χ3v) is 4.89. The predicted octanol–water partition coefficient (Wildman–Crippen LogP) is 3.31. The highest BCUT2D eigenvalue weighted by Crippen LogP contribution is 2.34. The molecule has 0 aromatic carbocycles. The van der Waals surface area contributed by atoms with Gasteiger partial charge in [-0.25, -0.2) is 0 Å². The molecule has 3 heteroatoms. The number of rotatable bonds is 5. The Bertz CT molecular complexity index is 315. The Hall–Kier alpha value is -0.380. The molecule has 3 N–H and O–H groups in total. The molecule has 0 spiro atoms. The van der Waals surface area contributed by atoms with E-state index in [0.717, 1.165) is 13.1 Å². The van der Waals surface area contributed by atoms with Crippen molar-refractivity contribution < 1.29 is 0 Å². The van der Waals surface area contributed by atoms with E-state index >= 15 is 0 Å². The molecule has 1 aromatic rings. The fourth-order valence-electron chi connectivity index (χ4n) is 2.71. The average Bonchev–Trinajstić information content (AvgIpc) is 2.83. The number of hydrogen-bond acceptors (Lipinski definition) is 3. The molecular formula is C14H24N2S. The van der Waals surface area contributed by atoms with Crippen LogP contribution in [-0.2, 0) is 0 Å². The molecule has 0 amide bonds. The van der Waals surface area contributed by atoms with E-state index in [1.165, 1.54) is 37.0 Å². The normalized spacial score (nSPS) is 21.3. The molecule has 17 heavy (non-hydrogen) atoms. The van der Waals surface area contributed by atoms with E-state index in [0.29, 0.717) is 5.41 Å². The molecule has 0 aliphatic heterocycles. The highest BCUT2D eigenvalue weighted by molar-refractivity contribution is 7.10. The molecule has 1 atom stereocenters. The van der Waals surface area contributed by atoms with Crippen LogP contribution in [0.5, 0.6) is 0 Å². The van der Waals surface area contributed by atoms with Crippen molar-refractivity contribution in [1.82, 2.24) is 5.32 Å². The maximum atomic E-state index is 6.15. The van der Waals surface area contributed by atoms with Crippen LogP contribution in [0.4, 0.5) is 0 Å². The van der Waals surface area contributed by atoms with Gasteiger partial charge >= 0.3 is 0 Å². The molecule has 1 fully saturated rings. The second-order valence-electron chi connectivity index (χ2n) is 5.62. The predicted molar refractivity (Wildman–Crippen MR) is 75.3 cm³/mol. The van der Waals surface area contributed by atoms with Crippen molar-refractivity contribution in [3.05, 3.63) is 22.4 Å². The Morgan fingerprint density at radius 2 is 2.18 bits per heavy atom. The summed E-state index contributed by atoms with van der Waals surface area (Å²) in [5, 5.41) is 5.66. The maximum Gasteiger partial charge on any atom is 0.0516 e. The summed E-state index contributed by atoms with van der Waals surface area (Å²) in [6, 6.07) is 4.35. The van der Waals surface area contributed by atoms with Crippen molar-refractivity contribution in [2.45, 2.75) is 45.1 Å². The fourth-order valence-corrected chi connectivity index (χ4v) is 3.44. The Balaban J connectivity index is 1.72. The van der Waals surface area contributed by atoms with Crippen molar-refractivity contribution in [2.75, 3.05) is 13.1 Å². The largest absolute Gasteiger partial charge is 0.322 e. The smallest absolute Gasteiger partial charge is 0.0516 e. The van der Waals surface area contributed by atoms with Crippen molar-refractivity contribution in [1.29, 1.82) is 0 Å². The Labute approximate surface area is 109 Å². The number of nitrogens with one attached hydrogen (secondary N) is 1. The van der Waals surface area contributed by atoms with Gasteiger partial charge in [-0.05, 0) is 29.7 Å². The summed E-state index contributed by atoms with van der Waals surface area (Å²) in [6.45, 7) is 4.43. The van der Waals surface area contributed by atoms with Crippen LogP contribution in [0.15, 0.2) is 17.5 Å². The average molecular weight is 252 g/mol. The van der Waals surface area contributed by atoms with Gasteiger partial charge in [-0.1, -0.05) is 32.3 Å². The van der Waals surface area contributed by atoms with Crippen molar-refractivity contribution in [2.24, 2.45) is 11.1 Å². The first-order valence-electron chi connectivity index (χ1n) is 6.69. The first-order chi connectivity index (χ1) is 8.20. The van der Waals surface area contributed by atoms with Crippen LogP contribution in [-0.4, -0.2) is 13.1 Å². The van der Waals surface area contributed by atoms with E-state index < -0.39 is 0 Å². The van der Waals surface area contributed by atoms with Gasteiger partial charge in [0.15, 0.2) is 0 Å². The van der Waals surface area contributed by atoms with Crippen molar-refractivity contribution in [3.63, 3.8) is 0 Å². The number of thiophene rings is 1. The second-order valence-corrected chi connectivity index (χ2v) is 6.60. The van der Waals surface area contributed by atoms with Gasteiger partial charge in [-0.2, -0.15) is 0 Å². The summed E-state index contributed by atoms with van der Waals surface area (Å²) in [4.78, 5) is 1.28. The third kappa shape index (κ3) is 3.80. The van der Waals surface area contributed by atoms with Crippen LogP contribution in [0.1, 0.15) is 49.9 Å². The minimum Gasteiger partial charge on any atom is -0.322 e. The summed E-state index contributed by atoms with van der Waals surface area (Å²) in [5.74, 6) is 0. The fraction of sp³-hybridized carbons (Fsp3) is 0.714. The standard InChI is InChI=1S/C14H24N2S/c1-14(7-3-2-4-8-14)11-16-10-12(15)13-6-5-9-17-13/h5-6,9,12,16H,2-4,7-8,10-11,15H2,1H3. The van der Waals surface area contributed by atoms with E-state index in [1.54, 1.807) is 11.3 Å². The zero-order valence-corrected chi connectivity index (χ0v) is 11.6. The molecule has 1 saturated carbocycles. The van der Waals surface area contributed by atoms with Crippen molar-refractivity contribution in [3.8, 4) is 0 Å². The summed E-state index contributed by atoms with van der Waals surface area (Å²) in [7, 11) is 0. The molecule has 2 rings (SSSR count). The minimum atomic E-state index is 0.155. The molecule has 0 radical (unpaired) electrons. The Morgan fingerprint density at radius 3 is 2.82 bits per heavy atom. The lowest BCUT2D eigenvalue weighted by Gasteiger charge is -2.34. The Kier molecular flexibility index (Phi) is 4.60. The summed E-state index contributed by atoms with van der Waals surface area (Å²) in [6.07, 6.45) is 6.96. The van der Waals surface area contributed by atoms with Gasteiger partial charge in [0.25, 0.3) is 0 Å². The second kappa shape index (κ2) is 5.98. The van der Waals surface area contributed by atoms with Gasteiger partial charge in [0, 0.05) is 18.0 Å². The summed E-state index contributed by atoms with van der Waals surface area (Å²) < 4.78 is 0. The highest BCUT2D eigenvalue weighted by Gasteiger charge is 2.26. The van der Waals surface area contributed by atoms with Crippen LogP contribution in [0.25, 0.3) is 0 Å². The van der Waals surface area contributed by atoms with E-state index in [9.17, 15) is 0 Å². The topological polar surface area (TPSA) is 38.0 Å². The monoisotopic (exact) mass is 252 g/mol. The van der Waals surface area contributed by atoms with Crippen LogP contribution < -0.4 is 11.1 Å². The van der Waals surface area contributed by atoms with Gasteiger partial charge in [-0.15, -0.1) is 11.3 Å². The third-order valence-electron chi connectivity index (χ3n) is 3.89. The van der Waals surface area contributed by atoms with E-state index in [4.69, 9.17) is 5.73 Å². The van der Waals surface area contributed by atoms with Gasteiger partial charge in [0.2, 0.25) is 0 Å². The Morgan fingerprint density at radius 1 is 1.41 bits per heavy atom. The number of nitrogens with two attached hydrogens (primary N) is 1. The summed E-state index contributed by atoms with van der Waals surface area (Å²) in [5.41, 5.74) is 6.65. The molecule has 1 aliphatic rings. The van der Waals surface area contributed by atoms with Gasteiger partial charge in [-0.3, -0.25) is 0 Å². The number of hydrogen-bond donors (Lipinski definition) is 2. The van der Waals surface area contributed by atoms with Crippen LogP contribution in [0, 0.1) is 5.41 Å². The van der Waals surface area contributed by atoms with Crippen LogP contribution in [0.2, 0.25) is 0 Å². The molecule has 1 aromatic heterocycles. The maximum absolute atomic E-state index is 6.15. The van der Waals surface area contributed by atoms with Gasteiger partial charge in [0.1, 0.15) is 0 Å². The van der Waals surface area contributed by atoms with Gasteiger partial charge < -0.3 is 11.1 Å². The van der Waals surface area contributed by atoms with E-state index in [1.807, 2.05) is 0 Å². The molecule has 0 bridgehead atoms. The molecular weight excluding hydrogens is 228 g/mol. The SMILES string of the molecule is CC1(CNCC(N)c2cccs2)CCCCC1. The molecule has 0 saturated heterocycles. The molecule has 1 unspecified atom stereocenters. The lowest BCUT2D eigenvalue weighted by atomic mass is 9.76. The molecule has 96 valence electrons. The van der Waals surface area contributed by atoms with Crippen LogP contribution in [0.3, 0.4) is 0 Å². The summed E-state index contributed by atoms with van der Waals surface area (Å²) >= 11 is 1.75. The molecule has 2 nitrogen and oxygen atoms in total. The minimum absolute atomic E-state index is 0.155. The van der Waals surface area contributed by atoms with E-state index in [-0.39, 0.29) is 6.04 Å². The molecule has 1 heterocycles. The lowest BCUT2D eigenvalue weighted by molar-refractivity contribution is 0.207. The van der Waals surface area contributed by atoms with Gasteiger partial charge in [0.05, 0.1) is 6.04 Å². The van der Waals surface area contributed by atoms with E-state index in [2.05, 4.69) is 29.8 Å². The quantitative estimate of drug-likeness (QED) is 0.844. The molecule has 1 aliphatic carbocycles.